The van der Waals surface area contributed by atoms with Crippen LogP contribution in [0.2, 0.25) is 0 Å². The van der Waals surface area contributed by atoms with Gasteiger partial charge in [-0.1, -0.05) is 24.3 Å². The quantitative estimate of drug-likeness (QED) is 0.891. The fourth-order valence-corrected chi connectivity index (χ4v) is 2.92. The molecule has 120 valence electrons. The van der Waals surface area contributed by atoms with Crippen LogP contribution in [0.5, 0.6) is 11.5 Å². The highest BCUT2D eigenvalue weighted by molar-refractivity contribution is 5.91. The topological polar surface area (TPSA) is 42.8 Å². The molecule has 1 fully saturated rings. The lowest BCUT2D eigenvalue weighted by Crippen LogP contribution is -3.13. The molecule has 4 nitrogen and oxygen atoms in total. The Kier molecular flexibility index (Phi) is 5.27. The SMILES string of the molecule is O=C(C[NH+]1CCCCC1)Nc1cccc(Oc2ccccc2)c1. The molecule has 0 atom stereocenters. The van der Waals surface area contributed by atoms with Crippen molar-refractivity contribution in [2.24, 2.45) is 0 Å². The van der Waals surface area contributed by atoms with Crippen LogP contribution in [0.25, 0.3) is 0 Å². The number of carbonyl (C=O) groups excluding carboxylic acids is 1. The molecule has 2 aromatic carbocycles. The Morgan fingerprint density at radius 1 is 0.957 bits per heavy atom. The van der Waals surface area contributed by atoms with Crippen molar-refractivity contribution in [1.29, 1.82) is 0 Å². The van der Waals surface area contributed by atoms with Gasteiger partial charge in [-0.25, -0.2) is 0 Å². The zero-order valence-corrected chi connectivity index (χ0v) is 13.3. The molecule has 1 aliphatic heterocycles. The number of nitrogens with one attached hydrogen (secondary N) is 2. The second kappa shape index (κ2) is 7.79. The number of amides is 1. The van der Waals surface area contributed by atoms with Crippen molar-refractivity contribution >= 4 is 11.6 Å². The number of carbonyl (C=O) groups is 1. The molecule has 0 aliphatic carbocycles. The van der Waals surface area contributed by atoms with Crippen molar-refractivity contribution in [3.63, 3.8) is 0 Å². The standard InChI is InChI=1S/C19H22N2O2/c22-19(15-21-12-5-2-6-13-21)20-16-8-7-11-18(14-16)23-17-9-3-1-4-10-17/h1,3-4,7-11,14H,2,5-6,12-13,15H2,(H,20,22)/p+1. The molecular formula is C19H23N2O2+. The number of quaternary nitrogens is 1. The molecule has 3 rings (SSSR count). The van der Waals surface area contributed by atoms with Crippen molar-refractivity contribution in [2.75, 3.05) is 25.0 Å². The van der Waals surface area contributed by atoms with Crippen molar-refractivity contribution in [1.82, 2.24) is 0 Å². The number of para-hydroxylation sites is 1. The van der Waals surface area contributed by atoms with Gasteiger partial charge in [0.1, 0.15) is 11.5 Å². The molecule has 1 saturated heterocycles. The first-order chi connectivity index (χ1) is 11.3. The normalized spacial score (nSPS) is 15.1. The number of rotatable bonds is 5. The van der Waals surface area contributed by atoms with Gasteiger partial charge in [0.05, 0.1) is 13.1 Å². The molecule has 0 unspecified atom stereocenters. The van der Waals surface area contributed by atoms with E-state index in [2.05, 4.69) is 5.32 Å². The summed E-state index contributed by atoms with van der Waals surface area (Å²) in [6.45, 7) is 2.75. The Morgan fingerprint density at radius 2 is 1.70 bits per heavy atom. The molecular weight excluding hydrogens is 288 g/mol. The summed E-state index contributed by atoms with van der Waals surface area (Å²) in [6.07, 6.45) is 3.75. The monoisotopic (exact) mass is 311 g/mol. The van der Waals surface area contributed by atoms with Crippen LogP contribution in [0.4, 0.5) is 5.69 Å². The van der Waals surface area contributed by atoms with Gasteiger partial charge >= 0.3 is 0 Å². The minimum absolute atomic E-state index is 0.0683. The predicted octanol–water partition coefficient (Wildman–Crippen LogP) is 2.49. The summed E-state index contributed by atoms with van der Waals surface area (Å²) in [5.41, 5.74) is 0.778. The number of piperidine rings is 1. The van der Waals surface area contributed by atoms with Crippen LogP contribution in [0.15, 0.2) is 54.6 Å². The molecule has 0 radical (unpaired) electrons. The first-order valence-corrected chi connectivity index (χ1v) is 8.26. The highest BCUT2D eigenvalue weighted by Crippen LogP contribution is 2.23. The van der Waals surface area contributed by atoms with Crippen LogP contribution in [0.3, 0.4) is 0 Å². The first kappa shape index (κ1) is 15.6. The maximum absolute atomic E-state index is 12.2. The van der Waals surface area contributed by atoms with Gasteiger partial charge in [0.15, 0.2) is 6.54 Å². The Labute approximate surface area is 137 Å². The lowest BCUT2D eigenvalue weighted by molar-refractivity contribution is -0.896. The third-order valence-electron chi connectivity index (χ3n) is 4.07. The van der Waals surface area contributed by atoms with E-state index in [1.54, 1.807) is 0 Å². The molecule has 1 heterocycles. The summed E-state index contributed by atoms with van der Waals surface area (Å²) in [5.74, 6) is 1.58. The van der Waals surface area contributed by atoms with Crippen molar-refractivity contribution < 1.29 is 14.4 Å². The molecule has 0 aromatic heterocycles. The second-order valence-electron chi connectivity index (χ2n) is 5.98. The maximum Gasteiger partial charge on any atom is 0.279 e. The fraction of sp³-hybridized carbons (Fsp3) is 0.316. The van der Waals surface area contributed by atoms with Gasteiger partial charge in [-0.05, 0) is 43.5 Å². The van der Waals surface area contributed by atoms with E-state index >= 15 is 0 Å². The fourth-order valence-electron chi connectivity index (χ4n) is 2.92. The smallest absolute Gasteiger partial charge is 0.279 e. The van der Waals surface area contributed by atoms with Crippen LogP contribution in [0, 0.1) is 0 Å². The molecule has 0 spiro atoms. The third kappa shape index (κ3) is 4.83. The van der Waals surface area contributed by atoms with Gasteiger partial charge in [0.25, 0.3) is 5.91 Å². The van der Waals surface area contributed by atoms with E-state index in [1.807, 2.05) is 54.6 Å². The molecule has 23 heavy (non-hydrogen) atoms. The largest absolute Gasteiger partial charge is 0.457 e. The summed E-state index contributed by atoms with van der Waals surface area (Å²) >= 11 is 0. The van der Waals surface area contributed by atoms with Gasteiger partial charge in [-0.15, -0.1) is 0 Å². The van der Waals surface area contributed by atoms with Crippen LogP contribution in [-0.4, -0.2) is 25.5 Å². The van der Waals surface area contributed by atoms with Gasteiger partial charge in [0.2, 0.25) is 0 Å². The van der Waals surface area contributed by atoms with Crippen LogP contribution < -0.4 is 15.0 Å². The average molecular weight is 311 g/mol. The lowest BCUT2D eigenvalue weighted by atomic mass is 10.1. The van der Waals surface area contributed by atoms with Crippen LogP contribution in [0.1, 0.15) is 19.3 Å². The van der Waals surface area contributed by atoms with E-state index in [0.29, 0.717) is 6.54 Å². The van der Waals surface area contributed by atoms with E-state index < -0.39 is 0 Å². The van der Waals surface area contributed by atoms with E-state index in [4.69, 9.17) is 4.74 Å². The summed E-state index contributed by atoms with van der Waals surface area (Å²) in [5, 5.41) is 2.98. The van der Waals surface area contributed by atoms with E-state index in [-0.39, 0.29) is 5.91 Å². The van der Waals surface area contributed by atoms with Gasteiger partial charge in [-0.2, -0.15) is 0 Å². The molecule has 2 aromatic rings. The highest BCUT2D eigenvalue weighted by atomic mass is 16.5. The number of likely N-dealkylation sites (tertiary alicyclic amines) is 1. The zero-order valence-electron chi connectivity index (χ0n) is 13.3. The van der Waals surface area contributed by atoms with Crippen LogP contribution >= 0.6 is 0 Å². The van der Waals surface area contributed by atoms with E-state index in [0.717, 1.165) is 30.3 Å². The third-order valence-corrected chi connectivity index (χ3v) is 4.07. The van der Waals surface area contributed by atoms with Gasteiger partial charge in [-0.3, -0.25) is 4.79 Å². The van der Waals surface area contributed by atoms with Gasteiger partial charge in [0, 0.05) is 11.8 Å². The molecule has 2 N–H and O–H groups in total. The van der Waals surface area contributed by atoms with E-state index in [9.17, 15) is 4.79 Å². The van der Waals surface area contributed by atoms with Crippen molar-refractivity contribution in [3.05, 3.63) is 54.6 Å². The lowest BCUT2D eigenvalue weighted by Gasteiger charge is -2.22. The zero-order chi connectivity index (χ0) is 15.9. The molecule has 1 aliphatic rings. The average Bonchev–Trinajstić information content (AvgIpc) is 2.57. The molecule has 4 heteroatoms. The summed E-state index contributed by atoms with van der Waals surface area (Å²) in [7, 11) is 0. The molecule has 0 saturated carbocycles. The predicted molar refractivity (Wildman–Crippen MR) is 91.0 cm³/mol. The maximum atomic E-state index is 12.2. The number of ether oxygens (including phenoxy) is 1. The first-order valence-electron chi connectivity index (χ1n) is 8.26. The summed E-state index contributed by atoms with van der Waals surface area (Å²) in [6, 6.07) is 17.2. The highest BCUT2D eigenvalue weighted by Gasteiger charge is 2.17. The number of hydrogen-bond acceptors (Lipinski definition) is 2. The summed E-state index contributed by atoms with van der Waals surface area (Å²) in [4.78, 5) is 13.6. The summed E-state index contributed by atoms with van der Waals surface area (Å²) < 4.78 is 5.79. The van der Waals surface area contributed by atoms with Crippen LogP contribution in [-0.2, 0) is 4.79 Å². The van der Waals surface area contributed by atoms with Gasteiger partial charge < -0.3 is 15.0 Å². The van der Waals surface area contributed by atoms with Crippen molar-refractivity contribution in [2.45, 2.75) is 19.3 Å². The molecule has 1 amide bonds. The number of benzene rings is 2. The Bertz CT molecular complexity index is 637. The Morgan fingerprint density at radius 3 is 2.48 bits per heavy atom. The molecule has 0 bridgehead atoms. The van der Waals surface area contributed by atoms with E-state index in [1.165, 1.54) is 24.2 Å². The number of hydrogen-bond donors (Lipinski definition) is 2. The van der Waals surface area contributed by atoms with Crippen molar-refractivity contribution in [3.8, 4) is 11.5 Å². The Balaban J connectivity index is 1.57. The minimum atomic E-state index is 0.0683. The minimum Gasteiger partial charge on any atom is -0.457 e. The number of anilines is 1. The second-order valence-corrected chi connectivity index (χ2v) is 5.98. The Hall–Kier alpha value is -2.33.